The maximum absolute atomic E-state index is 12.4. The van der Waals surface area contributed by atoms with Crippen molar-refractivity contribution < 1.29 is 22.8 Å². The molecule has 0 aliphatic rings. The first kappa shape index (κ1) is 16.4. The zero-order valence-corrected chi connectivity index (χ0v) is 12.4. The van der Waals surface area contributed by atoms with E-state index in [9.17, 15) is 22.8 Å². The molecule has 3 aromatic rings. The van der Waals surface area contributed by atoms with Crippen LogP contribution in [-0.4, -0.2) is 26.8 Å². The van der Waals surface area contributed by atoms with E-state index in [0.29, 0.717) is 22.9 Å². The lowest BCUT2D eigenvalue weighted by molar-refractivity contribution is -0.137. The Kier molecular flexibility index (Phi) is 4.09. The molecule has 128 valence electrons. The van der Waals surface area contributed by atoms with Gasteiger partial charge < -0.3 is 15.6 Å². The molecule has 0 fully saturated rings. The molecule has 2 amide bonds. The van der Waals surface area contributed by atoms with Gasteiger partial charge in [-0.15, -0.1) is 0 Å². The van der Waals surface area contributed by atoms with Crippen LogP contribution in [0.4, 0.5) is 24.7 Å². The lowest BCUT2D eigenvalue weighted by atomic mass is 10.3. The summed E-state index contributed by atoms with van der Waals surface area (Å²) in [6, 6.07) is 5.16. The van der Waals surface area contributed by atoms with Gasteiger partial charge in [-0.05, 0) is 24.3 Å². The molecule has 0 unspecified atom stereocenters. The fourth-order valence-electron chi connectivity index (χ4n) is 2.04. The van der Waals surface area contributed by atoms with Gasteiger partial charge >= 0.3 is 18.0 Å². The molecule has 0 saturated carbocycles. The molecule has 3 heterocycles. The Balaban J connectivity index is 1.68. The lowest BCUT2D eigenvalue weighted by Gasteiger charge is -2.08. The van der Waals surface area contributed by atoms with Crippen LogP contribution in [0.2, 0.25) is 0 Å². The third-order valence-corrected chi connectivity index (χ3v) is 3.22. The van der Waals surface area contributed by atoms with Gasteiger partial charge in [0.2, 0.25) is 0 Å². The largest absolute Gasteiger partial charge is 0.417 e. The summed E-state index contributed by atoms with van der Waals surface area (Å²) in [5, 5.41) is 4.49. The zero-order valence-electron chi connectivity index (χ0n) is 12.4. The number of nitrogens with one attached hydrogen (secondary N) is 3. The van der Waals surface area contributed by atoms with Crippen molar-refractivity contribution in [2.45, 2.75) is 6.18 Å². The molecule has 3 aromatic heterocycles. The number of halogens is 3. The Hall–Kier alpha value is -3.43. The van der Waals surface area contributed by atoms with Crippen molar-refractivity contribution in [2.24, 2.45) is 0 Å². The number of hydrogen-bond acceptors (Lipinski definition) is 4. The third-order valence-electron chi connectivity index (χ3n) is 3.22. The summed E-state index contributed by atoms with van der Waals surface area (Å²) in [5.41, 5.74) is 0.481. The van der Waals surface area contributed by atoms with Crippen LogP contribution >= 0.6 is 0 Å². The number of rotatable bonds is 2. The Bertz CT molecular complexity index is 934. The van der Waals surface area contributed by atoms with Crippen molar-refractivity contribution in [1.29, 1.82) is 0 Å². The second-order valence-corrected chi connectivity index (χ2v) is 4.94. The van der Waals surface area contributed by atoms with Gasteiger partial charge in [0.15, 0.2) is 0 Å². The average molecular weight is 349 g/mol. The van der Waals surface area contributed by atoms with Crippen LogP contribution in [0.15, 0.2) is 42.9 Å². The summed E-state index contributed by atoms with van der Waals surface area (Å²) in [6.45, 7) is 0. The molecule has 0 aliphatic carbocycles. The van der Waals surface area contributed by atoms with Gasteiger partial charge in [-0.1, -0.05) is 0 Å². The van der Waals surface area contributed by atoms with Crippen LogP contribution < -0.4 is 10.6 Å². The maximum Gasteiger partial charge on any atom is 0.417 e. The fourth-order valence-corrected chi connectivity index (χ4v) is 2.04. The summed E-state index contributed by atoms with van der Waals surface area (Å²) >= 11 is 0. The van der Waals surface area contributed by atoms with Crippen molar-refractivity contribution in [1.82, 2.24) is 15.0 Å². The smallest absolute Gasteiger partial charge is 0.358 e. The highest BCUT2D eigenvalue weighted by Gasteiger charge is 2.30. The molecule has 0 radical (unpaired) electrons. The van der Waals surface area contributed by atoms with Crippen LogP contribution in [0, 0.1) is 0 Å². The van der Waals surface area contributed by atoms with Gasteiger partial charge in [0.05, 0.1) is 16.8 Å². The number of aromatic nitrogens is 3. The van der Waals surface area contributed by atoms with Crippen LogP contribution in [0.25, 0.3) is 11.0 Å². The minimum absolute atomic E-state index is 0.176. The van der Waals surface area contributed by atoms with Gasteiger partial charge in [-0.3, -0.25) is 14.6 Å². The monoisotopic (exact) mass is 349 g/mol. The second-order valence-electron chi connectivity index (χ2n) is 4.94. The Morgan fingerprint density at radius 3 is 2.48 bits per heavy atom. The van der Waals surface area contributed by atoms with Gasteiger partial charge in [0.1, 0.15) is 11.3 Å². The van der Waals surface area contributed by atoms with Gasteiger partial charge in [-0.25, -0.2) is 4.98 Å². The fraction of sp³-hybridized carbons (Fsp3) is 0.0667. The SMILES string of the molecule is O=C(Nc1ccc(C(F)(F)F)cn1)C(=O)Nc1c[nH]c2cccnc12. The van der Waals surface area contributed by atoms with E-state index >= 15 is 0 Å². The van der Waals surface area contributed by atoms with Gasteiger partial charge in [-0.2, -0.15) is 13.2 Å². The van der Waals surface area contributed by atoms with Crippen LogP contribution in [0.5, 0.6) is 0 Å². The van der Waals surface area contributed by atoms with E-state index in [-0.39, 0.29) is 5.82 Å². The zero-order chi connectivity index (χ0) is 18.0. The van der Waals surface area contributed by atoms with E-state index in [1.54, 1.807) is 12.1 Å². The molecule has 0 atom stereocenters. The Morgan fingerprint density at radius 1 is 1.04 bits per heavy atom. The van der Waals surface area contributed by atoms with E-state index in [0.717, 1.165) is 12.1 Å². The molecule has 0 saturated heterocycles. The van der Waals surface area contributed by atoms with E-state index in [1.807, 2.05) is 0 Å². The number of carbonyl (C=O) groups is 2. The van der Waals surface area contributed by atoms with Crippen molar-refractivity contribution in [3.8, 4) is 0 Å². The number of H-pyrrole nitrogens is 1. The van der Waals surface area contributed by atoms with Crippen LogP contribution in [0.1, 0.15) is 5.56 Å². The van der Waals surface area contributed by atoms with Crippen molar-refractivity contribution in [3.63, 3.8) is 0 Å². The van der Waals surface area contributed by atoms with Gasteiger partial charge in [0.25, 0.3) is 0 Å². The number of aromatic amines is 1. The molecule has 0 spiro atoms. The normalized spacial score (nSPS) is 11.3. The lowest BCUT2D eigenvalue weighted by Crippen LogP contribution is -2.29. The first-order valence-electron chi connectivity index (χ1n) is 6.92. The highest BCUT2D eigenvalue weighted by atomic mass is 19.4. The topological polar surface area (TPSA) is 99.8 Å². The molecule has 3 N–H and O–H groups in total. The molecule has 0 aromatic carbocycles. The number of carbonyl (C=O) groups excluding carboxylic acids is 2. The van der Waals surface area contributed by atoms with Crippen molar-refractivity contribution in [2.75, 3.05) is 10.6 Å². The minimum atomic E-state index is -4.53. The van der Waals surface area contributed by atoms with E-state index in [1.165, 1.54) is 12.4 Å². The molecule has 0 aliphatic heterocycles. The average Bonchev–Trinajstić information content (AvgIpc) is 2.97. The maximum atomic E-state index is 12.4. The van der Waals surface area contributed by atoms with Crippen molar-refractivity contribution in [3.05, 3.63) is 48.4 Å². The number of alkyl halides is 3. The van der Waals surface area contributed by atoms with Crippen LogP contribution in [-0.2, 0) is 15.8 Å². The quantitative estimate of drug-likeness (QED) is 0.619. The molecular formula is C15H10F3N5O2. The number of pyridine rings is 2. The molecule has 25 heavy (non-hydrogen) atoms. The number of fused-ring (bicyclic) bond motifs is 1. The summed E-state index contributed by atoms with van der Waals surface area (Å²) in [4.78, 5) is 34.2. The molecule has 0 bridgehead atoms. The summed E-state index contributed by atoms with van der Waals surface area (Å²) in [5.74, 6) is -2.25. The van der Waals surface area contributed by atoms with Crippen molar-refractivity contribution >= 4 is 34.4 Å². The summed E-state index contributed by atoms with van der Waals surface area (Å²) in [6.07, 6.45) is -0.969. The number of nitrogens with zero attached hydrogens (tertiary/aromatic N) is 2. The highest BCUT2D eigenvalue weighted by molar-refractivity contribution is 6.44. The first-order chi connectivity index (χ1) is 11.8. The minimum Gasteiger partial charge on any atom is -0.358 e. The van der Waals surface area contributed by atoms with Gasteiger partial charge in [0, 0.05) is 18.6 Å². The first-order valence-corrected chi connectivity index (χ1v) is 6.92. The summed E-state index contributed by atoms with van der Waals surface area (Å²) in [7, 11) is 0. The number of amides is 2. The molecule has 10 heteroatoms. The van der Waals surface area contributed by atoms with E-state index in [4.69, 9.17) is 0 Å². The number of hydrogen-bond donors (Lipinski definition) is 3. The van der Waals surface area contributed by atoms with E-state index in [2.05, 4.69) is 25.6 Å². The third kappa shape index (κ3) is 3.57. The molecule has 3 rings (SSSR count). The standard InChI is InChI=1S/C15H10F3N5O2/c16-15(17,18)8-3-4-11(21-6-8)23-14(25)13(24)22-10-7-20-9-2-1-5-19-12(9)10/h1-7,20H,(H,22,24)(H,21,23,25). The second kappa shape index (κ2) is 6.23. The highest BCUT2D eigenvalue weighted by Crippen LogP contribution is 2.28. The Morgan fingerprint density at radius 2 is 1.80 bits per heavy atom. The predicted molar refractivity (Wildman–Crippen MR) is 82.6 cm³/mol. The Labute approximate surface area is 138 Å². The van der Waals surface area contributed by atoms with E-state index < -0.39 is 23.6 Å². The molecular weight excluding hydrogens is 339 g/mol. The van der Waals surface area contributed by atoms with Crippen LogP contribution in [0.3, 0.4) is 0 Å². The summed E-state index contributed by atoms with van der Waals surface area (Å²) < 4.78 is 37.3. The molecule has 7 nitrogen and oxygen atoms in total. The predicted octanol–water partition coefficient (Wildman–Crippen LogP) is 2.55. The number of anilines is 2.